The van der Waals surface area contributed by atoms with Crippen LogP contribution in [0.25, 0.3) is 0 Å². The fraction of sp³-hybridized carbons (Fsp3) is 1.00. The van der Waals surface area contributed by atoms with E-state index in [4.69, 9.17) is 33.0 Å². The van der Waals surface area contributed by atoms with Crippen LogP contribution in [0.5, 0.6) is 0 Å². The first-order valence-corrected chi connectivity index (χ1v) is 5.47. The number of rotatable bonds is 4. The van der Waals surface area contributed by atoms with Crippen molar-refractivity contribution in [1.29, 1.82) is 0 Å². The van der Waals surface area contributed by atoms with E-state index in [-0.39, 0.29) is 23.8 Å². The quantitative estimate of drug-likeness (QED) is 0.541. The molecule has 0 saturated heterocycles. The lowest BCUT2D eigenvalue weighted by Gasteiger charge is -2.05. The summed E-state index contributed by atoms with van der Waals surface area (Å²) in [5.74, 6) is 0.224. The highest BCUT2D eigenvalue weighted by Gasteiger charge is 2.14. The molecule has 0 spiro atoms. The molecule has 3 nitrogen and oxygen atoms in total. The van der Waals surface area contributed by atoms with Crippen LogP contribution in [0.15, 0.2) is 0 Å². The summed E-state index contributed by atoms with van der Waals surface area (Å²) < 4.78 is 10.2. The molecule has 0 rings (SSSR count). The zero-order valence-electron chi connectivity index (χ0n) is 5.20. The molecule has 10 heavy (non-hydrogen) atoms. The smallest absolute Gasteiger partial charge is 0.324 e. The SMILES string of the molecule is O=P(O)(O)CCC(Cl)CCl. The van der Waals surface area contributed by atoms with Crippen molar-refractivity contribution in [3.8, 4) is 0 Å². The maximum absolute atomic E-state index is 10.2. The van der Waals surface area contributed by atoms with Crippen LogP contribution >= 0.6 is 30.8 Å². The Morgan fingerprint density at radius 2 is 2.00 bits per heavy atom. The van der Waals surface area contributed by atoms with Crippen molar-refractivity contribution < 1.29 is 14.4 Å². The van der Waals surface area contributed by atoms with Gasteiger partial charge in [-0.3, -0.25) is 4.57 Å². The predicted octanol–water partition coefficient (Wildman–Crippen LogP) is 1.40. The third-order valence-electron chi connectivity index (χ3n) is 0.901. The maximum Gasteiger partial charge on any atom is 0.325 e. The van der Waals surface area contributed by atoms with Gasteiger partial charge in [0.05, 0.1) is 6.16 Å². The molecule has 0 radical (unpaired) electrons. The predicted molar refractivity (Wildman–Crippen MR) is 41.9 cm³/mol. The van der Waals surface area contributed by atoms with Gasteiger partial charge in [-0.2, -0.15) is 0 Å². The highest BCUT2D eigenvalue weighted by Crippen LogP contribution is 2.35. The van der Waals surface area contributed by atoms with Gasteiger partial charge in [0.25, 0.3) is 0 Å². The van der Waals surface area contributed by atoms with E-state index in [1.54, 1.807) is 0 Å². The molecule has 0 aliphatic rings. The monoisotopic (exact) mass is 206 g/mol. The largest absolute Gasteiger partial charge is 0.325 e. The molecule has 0 fully saturated rings. The summed E-state index contributed by atoms with van der Waals surface area (Å²) in [6, 6.07) is 0. The lowest BCUT2D eigenvalue weighted by molar-refractivity contribution is 0.371. The van der Waals surface area contributed by atoms with E-state index >= 15 is 0 Å². The normalized spacial score (nSPS) is 15.2. The van der Waals surface area contributed by atoms with Crippen LogP contribution in [-0.4, -0.2) is 27.2 Å². The second-order valence-electron chi connectivity index (χ2n) is 1.93. The summed E-state index contributed by atoms with van der Waals surface area (Å²) >= 11 is 10.8. The molecule has 0 aliphatic heterocycles. The Kier molecular flexibility index (Phi) is 4.91. The number of hydrogen-bond acceptors (Lipinski definition) is 1. The Labute approximate surface area is 69.5 Å². The average Bonchev–Trinajstić information content (AvgIpc) is 1.81. The average molecular weight is 207 g/mol. The van der Waals surface area contributed by atoms with Gasteiger partial charge in [-0.1, -0.05) is 0 Å². The van der Waals surface area contributed by atoms with E-state index in [1.807, 2.05) is 0 Å². The van der Waals surface area contributed by atoms with Gasteiger partial charge in [-0.25, -0.2) is 0 Å². The molecular formula is C4H9Cl2O3P. The molecule has 1 unspecified atom stereocenters. The Balaban J connectivity index is 3.46. The van der Waals surface area contributed by atoms with E-state index in [0.717, 1.165) is 0 Å². The minimum atomic E-state index is -3.88. The third kappa shape index (κ3) is 6.84. The molecule has 62 valence electrons. The lowest BCUT2D eigenvalue weighted by Crippen LogP contribution is -2.03. The first kappa shape index (κ1) is 10.7. The van der Waals surface area contributed by atoms with E-state index in [2.05, 4.69) is 0 Å². The molecular weight excluding hydrogens is 198 g/mol. The molecule has 0 aliphatic carbocycles. The van der Waals surface area contributed by atoms with Crippen molar-refractivity contribution in [3.05, 3.63) is 0 Å². The summed E-state index contributed by atoms with van der Waals surface area (Å²) in [5.41, 5.74) is 0. The topological polar surface area (TPSA) is 57.5 Å². The molecule has 0 aromatic carbocycles. The van der Waals surface area contributed by atoms with E-state index in [9.17, 15) is 4.57 Å². The molecule has 0 aromatic heterocycles. The molecule has 0 heterocycles. The second-order valence-corrected chi connectivity index (χ2v) is 4.63. The lowest BCUT2D eigenvalue weighted by atomic mass is 10.4. The molecule has 0 bridgehead atoms. The van der Waals surface area contributed by atoms with Crippen LogP contribution in [0.2, 0.25) is 0 Å². The van der Waals surface area contributed by atoms with Crippen LogP contribution in [-0.2, 0) is 4.57 Å². The highest BCUT2D eigenvalue weighted by atomic mass is 35.5. The van der Waals surface area contributed by atoms with Crippen molar-refractivity contribution in [2.45, 2.75) is 11.8 Å². The third-order valence-corrected chi connectivity index (χ3v) is 2.64. The van der Waals surface area contributed by atoms with E-state index in [0.29, 0.717) is 0 Å². The van der Waals surface area contributed by atoms with Crippen LogP contribution in [0.4, 0.5) is 0 Å². The molecule has 6 heteroatoms. The number of halogens is 2. The zero-order valence-corrected chi connectivity index (χ0v) is 7.61. The highest BCUT2D eigenvalue weighted by molar-refractivity contribution is 7.51. The molecule has 2 N–H and O–H groups in total. The van der Waals surface area contributed by atoms with Crippen molar-refractivity contribution in [3.63, 3.8) is 0 Å². The van der Waals surface area contributed by atoms with Crippen molar-refractivity contribution in [2.24, 2.45) is 0 Å². The number of hydrogen-bond donors (Lipinski definition) is 2. The van der Waals surface area contributed by atoms with Crippen molar-refractivity contribution in [1.82, 2.24) is 0 Å². The summed E-state index contributed by atoms with van der Waals surface area (Å²) in [7, 11) is -3.88. The van der Waals surface area contributed by atoms with Crippen molar-refractivity contribution >= 4 is 30.8 Å². The van der Waals surface area contributed by atoms with Gasteiger partial charge in [-0.05, 0) is 6.42 Å². The van der Waals surface area contributed by atoms with Gasteiger partial charge in [0, 0.05) is 11.3 Å². The van der Waals surface area contributed by atoms with Crippen LogP contribution in [0.1, 0.15) is 6.42 Å². The summed E-state index contributed by atoms with van der Waals surface area (Å²) in [6.45, 7) is 0. The summed E-state index contributed by atoms with van der Waals surface area (Å²) in [5, 5.41) is -0.339. The Hall–Kier alpha value is 0.730. The minimum Gasteiger partial charge on any atom is -0.324 e. The number of alkyl halides is 2. The van der Waals surface area contributed by atoms with Crippen LogP contribution in [0, 0.1) is 0 Å². The minimum absolute atomic E-state index is 0.187. The Morgan fingerprint density at radius 3 is 2.30 bits per heavy atom. The molecule has 0 aromatic rings. The fourth-order valence-corrected chi connectivity index (χ4v) is 1.45. The molecule has 1 atom stereocenters. The van der Waals surface area contributed by atoms with Gasteiger partial charge in [0.15, 0.2) is 0 Å². The standard InChI is InChI=1S/C4H9Cl2O3P/c5-3-4(6)1-2-10(7,8)9/h4H,1-3H2,(H2,7,8,9). The molecule has 0 saturated carbocycles. The summed E-state index contributed by atoms with van der Waals surface area (Å²) in [6.07, 6.45) is 0.0726. The van der Waals surface area contributed by atoms with Gasteiger partial charge < -0.3 is 9.79 Å². The van der Waals surface area contributed by atoms with Crippen molar-refractivity contribution in [2.75, 3.05) is 12.0 Å². The van der Waals surface area contributed by atoms with Crippen LogP contribution in [0.3, 0.4) is 0 Å². The van der Waals surface area contributed by atoms with E-state index < -0.39 is 7.60 Å². The first-order chi connectivity index (χ1) is 4.45. The Bertz CT molecular complexity index is 134. The van der Waals surface area contributed by atoms with Crippen LogP contribution < -0.4 is 0 Å². The van der Waals surface area contributed by atoms with Gasteiger partial charge in [0.2, 0.25) is 0 Å². The first-order valence-electron chi connectivity index (χ1n) is 2.70. The Morgan fingerprint density at radius 1 is 1.50 bits per heavy atom. The maximum atomic E-state index is 10.2. The van der Waals surface area contributed by atoms with E-state index in [1.165, 1.54) is 0 Å². The summed E-state index contributed by atoms with van der Waals surface area (Å²) in [4.78, 5) is 16.7. The van der Waals surface area contributed by atoms with Gasteiger partial charge in [-0.15, -0.1) is 23.2 Å². The fourth-order valence-electron chi connectivity index (χ4n) is 0.385. The zero-order chi connectivity index (χ0) is 8.20. The molecule has 0 amide bonds. The van der Waals surface area contributed by atoms with Gasteiger partial charge >= 0.3 is 7.60 Å². The van der Waals surface area contributed by atoms with Gasteiger partial charge in [0.1, 0.15) is 0 Å². The second kappa shape index (κ2) is 4.58.